The topological polar surface area (TPSA) is 62.3 Å². The third kappa shape index (κ3) is 3.99. The maximum absolute atomic E-state index is 5.60. The molecule has 1 aromatic carbocycles. The molecule has 0 aliphatic heterocycles. The fourth-order valence-electron chi connectivity index (χ4n) is 1.67. The zero-order chi connectivity index (χ0) is 13.5. The minimum absolute atomic E-state index is 0.488. The van der Waals surface area contributed by atoms with Gasteiger partial charge in [-0.1, -0.05) is 12.1 Å². The molecule has 5 heteroatoms. The van der Waals surface area contributed by atoms with Crippen LogP contribution in [0.4, 0.5) is 0 Å². The van der Waals surface area contributed by atoms with Gasteiger partial charge in [0.15, 0.2) is 5.75 Å². The minimum atomic E-state index is 0.488. The predicted molar refractivity (Wildman–Crippen MR) is 73.2 cm³/mol. The van der Waals surface area contributed by atoms with Gasteiger partial charge in [-0.2, -0.15) is 5.10 Å². The van der Waals surface area contributed by atoms with E-state index in [4.69, 9.17) is 15.2 Å². The normalized spacial score (nSPS) is 10.4. The molecular formula is C14H19N3O2. The Morgan fingerprint density at radius 1 is 1.21 bits per heavy atom. The van der Waals surface area contributed by atoms with Crippen LogP contribution in [0.15, 0.2) is 36.7 Å². The number of nitrogens with two attached hydrogens (primary N) is 1. The van der Waals surface area contributed by atoms with Crippen LogP contribution in [0, 0.1) is 0 Å². The molecule has 0 saturated carbocycles. The lowest BCUT2D eigenvalue weighted by molar-refractivity contribution is 0.217. The Morgan fingerprint density at radius 2 is 2.00 bits per heavy atom. The van der Waals surface area contributed by atoms with Crippen molar-refractivity contribution in [3.63, 3.8) is 0 Å². The van der Waals surface area contributed by atoms with Gasteiger partial charge < -0.3 is 15.2 Å². The minimum Gasteiger partial charge on any atom is -0.490 e. The van der Waals surface area contributed by atoms with Crippen molar-refractivity contribution >= 4 is 0 Å². The first-order valence-corrected chi connectivity index (χ1v) is 6.39. The number of aryl methyl sites for hydroxylation is 1. The van der Waals surface area contributed by atoms with Crippen LogP contribution >= 0.6 is 0 Å². The number of hydrogen-bond donors (Lipinski definition) is 1. The van der Waals surface area contributed by atoms with Gasteiger partial charge in [-0.05, 0) is 24.6 Å². The van der Waals surface area contributed by atoms with Gasteiger partial charge in [0.05, 0.1) is 12.4 Å². The number of hydrogen-bond acceptors (Lipinski definition) is 4. The molecule has 0 aliphatic carbocycles. The Bertz CT molecular complexity index is 511. The molecule has 0 fully saturated rings. The van der Waals surface area contributed by atoms with E-state index in [0.29, 0.717) is 19.8 Å². The van der Waals surface area contributed by atoms with E-state index in [9.17, 15) is 0 Å². The fraction of sp³-hybridized carbons (Fsp3) is 0.357. The van der Waals surface area contributed by atoms with Crippen LogP contribution < -0.4 is 15.2 Å². The Balaban J connectivity index is 1.74. The Kier molecular flexibility index (Phi) is 4.80. The van der Waals surface area contributed by atoms with Crippen molar-refractivity contribution in [1.82, 2.24) is 9.78 Å². The molecule has 0 unspecified atom stereocenters. The lowest BCUT2D eigenvalue weighted by atomic mass is 10.2. The summed E-state index contributed by atoms with van der Waals surface area (Å²) < 4.78 is 12.9. The van der Waals surface area contributed by atoms with E-state index in [-0.39, 0.29) is 0 Å². The third-order valence-corrected chi connectivity index (χ3v) is 2.69. The van der Waals surface area contributed by atoms with Gasteiger partial charge in [-0.3, -0.25) is 4.68 Å². The summed E-state index contributed by atoms with van der Waals surface area (Å²) in [5.41, 5.74) is 6.63. The Labute approximate surface area is 112 Å². The van der Waals surface area contributed by atoms with E-state index in [1.807, 2.05) is 42.1 Å². The molecule has 5 nitrogen and oxygen atoms in total. The number of ether oxygens (including phenoxy) is 2. The first-order valence-electron chi connectivity index (χ1n) is 6.39. The maximum atomic E-state index is 5.60. The van der Waals surface area contributed by atoms with E-state index in [0.717, 1.165) is 23.6 Å². The number of aromatic nitrogens is 2. The molecule has 19 heavy (non-hydrogen) atoms. The van der Waals surface area contributed by atoms with Crippen LogP contribution in [0.25, 0.3) is 0 Å². The van der Waals surface area contributed by atoms with E-state index in [1.165, 1.54) is 0 Å². The average molecular weight is 261 g/mol. The molecule has 102 valence electrons. The van der Waals surface area contributed by atoms with Crippen molar-refractivity contribution in [2.75, 3.05) is 13.2 Å². The second-order valence-corrected chi connectivity index (χ2v) is 4.08. The van der Waals surface area contributed by atoms with Gasteiger partial charge in [0.25, 0.3) is 0 Å². The smallest absolute Gasteiger partial charge is 0.157 e. The number of rotatable bonds is 7. The van der Waals surface area contributed by atoms with Crippen LogP contribution in [0.3, 0.4) is 0 Å². The molecule has 0 bridgehead atoms. The standard InChI is InChI=1S/C14H19N3O2/c1-2-17-11-14(10-16-17)19-7-6-18-13-5-3-4-12(8-13)9-15/h3-5,8,10-11H,2,6-7,9,15H2,1H3. The quantitative estimate of drug-likeness (QED) is 0.772. The lowest BCUT2D eigenvalue weighted by Crippen LogP contribution is -2.09. The van der Waals surface area contributed by atoms with Crippen molar-refractivity contribution in [2.24, 2.45) is 5.73 Å². The lowest BCUT2D eigenvalue weighted by Gasteiger charge is -2.07. The third-order valence-electron chi connectivity index (χ3n) is 2.69. The monoisotopic (exact) mass is 261 g/mol. The molecule has 0 atom stereocenters. The highest BCUT2D eigenvalue weighted by Gasteiger charge is 1.99. The largest absolute Gasteiger partial charge is 0.490 e. The van der Waals surface area contributed by atoms with E-state index in [1.54, 1.807) is 6.20 Å². The summed E-state index contributed by atoms with van der Waals surface area (Å²) >= 11 is 0. The molecule has 1 aromatic heterocycles. The first-order chi connectivity index (χ1) is 9.31. The first kappa shape index (κ1) is 13.4. The average Bonchev–Trinajstić information content (AvgIpc) is 2.92. The molecule has 0 aliphatic rings. The highest BCUT2D eigenvalue weighted by Crippen LogP contribution is 2.13. The van der Waals surface area contributed by atoms with Crippen LogP contribution in [0.1, 0.15) is 12.5 Å². The summed E-state index contributed by atoms with van der Waals surface area (Å²) in [7, 11) is 0. The van der Waals surface area contributed by atoms with Crippen molar-refractivity contribution in [2.45, 2.75) is 20.0 Å². The van der Waals surface area contributed by atoms with Crippen LogP contribution in [-0.2, 0) is 13.1 Å². The van der Waals surface area contributed by atoms with Crippen LogP contribution in [0.5, 0.6) is 11.5 Å². The molecular weight excluding hydrogens is 242 g/mol. The Hall–Kier alpha value is -2.01. The zero-order valence-electron chi connectivity index (χ0n) is 11.1. The van der Waals surface area contributed by atoms with Crippen molar-refractivity contribution in [3.8, 4) is 11.5 Å². The molecule has 2 rings (SSSR count). The van der Waals surface area contributed by atoms with Gasteiger partial charge in [0.2, 0.25) is 0 Å². The highest BCUT2D eigenvalue weighted by molar-refractivity contribution is 5.28. The number of benzene rings is 1. The molecule has 0 radical (unpaired) electrons. The van der Waals surface area contributed by atoms with Crippen molar-refractivity contribution in [3.05, 3.63) is 42.2 Å². The SMILES string of the molecule is CCn1cc(OCCOc2cccc(CN)c2)cn1. The van der Waals surface area contributed by atoms with E-state index in [2.05, 4.69) is 5.10 Å². The zero-order valence-corrected chi connectivity index (χ0v) is 11.1. The van der Waals surface area contributed by atoms with Gasteiger partial charge in [0.1, 0.15) is 19.0 Å². The fourth-order valence-corrected chi connectivity index (χ4v) is 1.67. The molecule has 0 saturated heterocycles. The van der Waals surface area contributed by atoms with Crippen LogP contribution in [0.2, 0.25) is 0 Å². The summed E-state index contributed by atoms with van der Waals surface area (Å²) in [5, 5.41) is 4.13. The highest BCUT2D eigenvalue weighted by atomic mass is 16.5. The van der Waals surface area contributed by atoms with Crippen molar-refractivity contribution < 1.29 is 9.47 Å². The van der Waals surface area contributed by atoms with Crippen molar-refractivity contribution in [1.29, 1.82) is 0 Å². The molecule has 0 amide bonds. The second-order valence-electron chi connectivity index (χ2n) is 4.08. The summed E-state index contributed by atoms with van der Waals surface area (Å²) in [6.07, 6.45) is 3.58. The summed E-state index contributed by atoms with van der Waals surface area (Å²) in [6.45, 7) is 4.37. The molecule has 2 N–H and O–H groups in total. The summed E-state index contributed by atoms with van der Waals surface area (Å²) in [5.74, 6) is 1.58. The maximum Gasteiger partial charge on any atom is 0.157 e. The molecule has 1 heterocycles. The van der Waals surface area contributed by atoms with Gasteiger partial charge in [0, 0.05) is 13.1 Å². The number of nitrogens with zero attached hydrogens (tertiary/aromatic N) is 2. The molecule has 0 spiro atoms. The molecule has 2 aromatic rings. The Morgan fingerprint density at radius 3 is 2.68 bits per heavy atom. The van der Waals surface area contributed by atoms with Gasteiger partial charge in [-0.15, -0.1) is 0 Å². The van der Waals surface area contributed by atoms with E-state index < -0.39 is 0 Å². The van der Waals surface area contributed by atoms with Gasteiger partial charge >= 0.3 is 0 Å². The second kappa shape index (κ2) is 6.80. The van der Waals surface area contributed by atoms with E-state index >= 15 is 0 Å². The summed E-state index contributed by atoms with van der Waals surface area (Å²) in [6, 6.07) is 7.76. The van der Waals surface area contributed by atoms with Crippen LogP contribution in [-0.4, -0.2) is 23.0 Å². The predicted octanol–water partition coefficient (Wildman–Crippen LogP) is 1.82. The van der Waals surface area contributed by atoms with Gasteiger partial charge in [-0.25, -0.2) is 0 Å². The summed E-state index contributed by atoms with van der Waals surface area (Å²) in [4.78, 5) is 0.